The molecule has 0 aliphatic heterocycles. The maximum atomic E-state index is 14.7. The van der Waals surface area contributed by atoms with Gasteiger partial charge in [-0.25, -0.2) is 4.39 Å². The van der Waals surface area contributed by atoms with Gasteiger partial charge in [-0.05, 0) is 101 Å². The summed E-state index contributed by atoms with van der Waals surface area (Å²) in [5.74, 6) is 0.178. The summed E-state index contributed by atoms with van der Waals surface area (Å²) in [4.78, 5) is 0. The fraction of sp³-hybridized carbons (Fsp3) is 0.436. The smallest absolute Gasteiger partial charge is 0.147 e. The van der Waals surface area contributed by atoms with Crippen molar-refractivity contribution >= 4 is 0 Å². The highest BCUT2D eigenvalue weighted by Gasteiger charge is 2.33. The lowest BCUT2D eigenvalue weighted by molar-refractivity contribution is 0.266. The molecule has 214 valence electrons. The maximum absolute atomic E-state index is 14.7. The predicted octanol–water partition coefficient (Wildman–Crippen LogP) is 11.6. The average molecular weight is 539 g/mol. The van der Waals surface area contributed by atoms with E-state index in [0.29, 0.717) is 11.8 Å². The van der Waals surface area contributed by atoms with Gasteiger partial charge in [-0.15, -0.1) is 0 Å². The normalized spacial score (nSPS) is 19.9. The first-order valence-electron chi connectivity index (χ1n) is 15.1. The van der Waals surface area contributed by atoms with Crippen LogP contribution in [0.25, 0.3) is 0 Å². The van der Waals surface area contributed by atoms with Crippen LogP contribution in [0.2, 0.25) is 0 Å². The van der Waals surface area contributed by atoms with Crippen molar-refractivity contribution in [3.05, 3.63) is 131 Å². The van der Waals surface area contributed by atoms with Crippen LogP contribution < -0.4 is 0 Å². The Morgan fingerprint density at radius 1 is 1.10 bits per heavy atom. The molecule has 0 saturated heterocycles. The summed E-state index contributed by atoms with van der Waals surface area (Å²) in [5.41, 5.74) is 9.99. The van der Waals surface area contributed by atoms with E-state index in [9.17, 15) is 4.39 Å². The Morgan fingerprint density at radius 3 is 2.33 bits per heavy atom. The van der Waals surface area contributed by atoms with Crippen molar-refractivity contribution in [2.45, 2.75) is 98.1 Å². The molecule has 1 heteroatoms. The number of benzene rings is 1. The molecule has 0 amide bonds. The van der Waals surface area contributed by atoms with Gasteiger partial charge in [0.1, 0.15) is 5.67 Å². The van der Waals surface area contributed by atoms with Crippen LogP contribution in [-0.2, 0) is 6.42 Å². The molecule has 0 spiro atoms. The van der Waals surface area contributed by atoms with Crippen LogP contribution in [0, 0.1) is 18.3 Å². The van der Waals surface area contributed by atoms with Crippen molar-refractivity contribution in [1.82, 2.24) is 0 Å². The third-order valence-electron chi connectivity index (χ3n) is 9.95. The van der Waals surface area contributed by atoms with Gasteiger partial charge in [0.25, 0.3) is 0 Å². The number of aryl methyl sites for hydroxylation is 2. The third-order valence-corrected chi connectivity index (χ3v) is 9.95. The number of hydrogen-bond acceptors (Lipinski definition) is 0. The molecule has 2 aliphatic carbocycles. The Morgan fingerprint density at radius 2 is 1.77 bits per heavy atom. The molecule has 0 N–H and O–H groups in total. The zero-order valence-corrected chi connectivity index (χ0v) is 26.1. The SMILES string of the molecule is C=CC(C)(F)C1=CC=C(C2C(=C)C=C(C(=C)C(=C)C(C)c3ccc(CCCC(C)(CC)CC)cc3C)C2=C)CC1. The van der Waals surface area contributed by atoms with Crippen molar-refractivity contribution in [3.8, 4) is 0 Å². The lowest BCUT2D eigenvalue weighted by Crippen LogP contribution is -2.20. The van der Waals surface area contributed by atoms with Crippen molar-refractivity contribution in [1.29, 1.82) is 0 Å². The Hall–Kier alpha value is -2.93. The van der Waals surface area contributed by atoms with E-state index in [1.54, 1.807) is 6.92 Å². The van der Waals surface area contributed by atoms with Gasteiger partial charge in [-0.1, -0.05) is 122 Å². The molecule has 0 fully saturated rings. The molecule has 0 bridgehead atoms. The molecule has 2 aliphatic rings. The van der Waals surface area contributed by atoms with Crippen LogP contribution >= 0.6 is 0 Å². The van der Waals surface area contributed by atoms with Crippen LogP contribution in [0.15, 0.2) is 114 Å². The summed E-state index contributed by atoms with van der Waals surface area (Å²) >= 11 is 0. The second-order valence-electron chi connectivity index (χ2n) is 12.6. The van der Waals surface area contributed by atoms with E-state index >= 15 is 0 Å². The standard InChI is InChI=1S/C39H51F/c1-12-38(10,13-2)23-15-16-32-17-22-35(26(4)24-32)29(7)28(6)30(8)36-25-27(5)37(31(36)9)33-18-20-34(21-19-33)39(11,40)14-3/h14,17-18,20,22,24-25,29,37H,3,5-6,8-9,12-13,15-16,19,21,23H2,1-2,4,7,10-11H3. The quantitative estimate of drug-likeness (QED) is 0.173. The fourth-order valence-electron chi connectivity index (χ4n) is 6.24. The third kappa shape index (κ3) is 6.68. The fourth-order valence-corrected chi connectivity index (χ4v) is 6.24. The molecular weight excluding hydrogens is 487 g/mol. The lowest BCUT2D eigenvalue weighted by Gasteiger charge is -2.27. The largest absolute Gasteiger partial charge is 0.235 e. The Labute approximate surface area is 244 Å². The first-order chi connectivity index (χ1) is 18.8. The molecule has 1 aromatic carbocycles. The second kappa shape index (κ2) is 12.7. The van der Waals surface area contributed by atoms with Crippen LogP contribution in [0.4, 0.5) is 4.39 Å². The summed E-state index contributed by atoms with van der Waals surface area (Å²) in [7, 11) is 0. The topological polar surface area (TPSA) is 0 Å². The van der Waals surface area contributed by atoms with Gasteiger partial charge in [-0.3, -0.25) is 0 Å². The van der Waals surface area contributed by atoms with E-state index in [1.165, 1.54) is 54.0 Å². The number of allylic oxidation sites excluding steroid dienone is 11. The predicted molar refractivity (Wildman–Crippen MR) is 174 cm³/mol. The molecule has 3 rings (SSSR count). The molecule has 3 unspecified atom stereocenters. The van der Waals surface area contributed by atoms with Gasteiger partial charge in [0.15, 0.2) is 0 Å². The van der Waals surface area contributed by atoms with Gasteiger partial charge in [0.05, 0.1) is 0 Å². The van der Waals surface area contributed by atoms with Crippen LogP contribution in [-0.4, -0.2) is 5.67 Å². The summed E-state index contributed by atoms with van der Waals surface area (Å²) < 4.78 is 14.7. The summed E-state index contributed by atoms with van der Waals surface area (Å²) in [5, 5.41) is 0. The molecule has 1 aromatic rings. The molecule has 0 aromatic heterocycles. The zero-order chi connectivity index (χ0) is 29.8. The number of hydrogen-bond donors (Lipinski definition) is 0. The van der Waals surface area contributed by atoms with E-state index in [4.69, 9.17) is 0 Å². The molecule has 0 nitrogen and oxygen atoms in total. The summed E-state index contributed by atoms with van der Waals surface area (Å²) in [6.45, 7) is 34.5. The van der Waals surface area contributed by atoms with Crippen LogP contribution in [0.1, 0.15) is 95.8 Å². The number of alkyl halides is 1. The van der Waals surface area contributed by atoms with Crippen molar-refractivity contribution in [2.75, 3.05) is 0 Å². The zero-order valence-electron chi connectivity index (χ0n) is 26.1. The van der Waals surface area contributed by atoms with Crippen molar-refractivity contribution < 1.29 is 4.39 Å². The lowest BCUT2D eigenvalue weighted by atomic mass is 9.78. The molecule has 40 heavy (non-hydrogen) atoms. The summed E-state index contributed by atoms with van der Waals surface area (Å²) in [6.07, 6.45) is 15.0. The van der Waals surface area contributed by atoms with E-state index in [2.05, 4.69) is 91.8 Å². The maximum Gasteiger partial charge on any atom is 0.147 e. The average Bonchev–Trinajstić information content (AvgIpc) is 3.25. The van der Waals surface area contributed by atoms with E-state index in [-0.39, 0.29) is 11.8 Å². The molecule has 0 radical (unpaired) electrons. The van der Waals surface area contributed by atoms with Gasteiger partial charge in [-0.2, -0.15) is 0 Å². The van der Waals surface area contributed by atoms with E-state index in [0.717, 1.165) is 46.3 Å². The first-order valence-corrected chi connectivity index (χ1v) is 15.1. The minimum absolute atomic E-state index is 0.0329. The monoisotopic (exact) mass is 538 g/mol. The van der Waals surface area contributed by atoms with Crippen LogP contribution in [0.3, 0.4) is 0 Å². The highest BCUT2D eigenvalue weighted by atomic mass is 19.1. The Balaban J connectivity index is 1.69. The van der Waals surface area contributed by atoms with Crippen molar-refractivity contribution in [2.24, 2.45) is 11.3 Å². The molecule has 3 atom stereocenters. The Bertz CT molecular complexity index is 1280. The summed E-state index contributed by atoms with van der Waals surface area (Å²) in [6, 6.07) is 6.93. The number of rotatable bonds is 13. The van der Waals surface area contributed by atoms with Gasteiger partial charge in [0, 0.05) is 11.8 Å². The number of halogens is 1. The van der Waals surface area contributed by atoms with Crippen molar-refractivity contribution in [3.63, 3.8) is 0 Å². The van der Waals surface area contributed by atoms with E-state index < -0.39 is 5.67 Å². The van der Waals surface area contributed by atoms with Gasteiger partial charge >= 0.3 is 0 Å². The highest BCUT2D eigenvalue weighted by Crippen LogP contribution is 2.47. The van der Waals surface area contributed by atoms with Crippen LogP contribution in [0.5, 0.6) is 0 Å². The second-order valence-corrected chi connectivity index (χ2v) is 12.6. The minimum Gasteiger partial charge on any atom is -0.235 e. The molecule has 0 saturated carbocycles. The van der Waals surface area contributed by atoms with Gasteiger partial charge < -0.3 is 0 Å². The van der Waals surface area contributed by atoms with E-state index in [1.807, 2.05) is 12.2 Å². The Kier molecular flexibility index (Phi) is 10.0. The molecule has 0 heterocycles. The minimum atomic E-state index is -1.47. The first kappa shape index (κ1) is 31.6. The molecular formula is C39H51F. The highest BCUT2D eigenvalue weighted by molar-refractivity contribution is 5.66. The van der Waals surface area contributed by atoms with Gasteiger partial charge in [0.2, 0.25) is 0 Å².